The van der Waals surface area contributed by atoms with Crippen molar-refractivity contribution in [2.75, 3.05) is 0 Å². The van der Waals surface area contributed by atoms with Crippen molar-refractivity contribution in [3.05, 3.63) is 0 Å². The molecule has 0 saturated carbocycles. The summed E-state index contributed by atoms with van der Waals surface area (Å²) in [5.41, 5.74) is 0. The summed E-state index contributed by atoms with van der Waals surface area (Å²) in [7, 11) is 0. The molecule has 0 amide bonds. The van der Waals surface area contributed by atoms with Crippen LogP contribution in [-0.4, -0.2) is 29.6 Å². The maximum atomic E-state index is 6.50. The fourth-order valence-electron chi connectivity index (χ4n) is 0. The number of hydrogen-bond acceptors (Lipinski definition) is 6. The molecule has 0 aliphatic rings. The minimum absolute atomic E-state index is 0. The maximum absolute atomic E-state index is 6.50. The summed E-state index contributed by atoms with van der Waals surface area (Å²) >= 11 is 0. The molecule has 0 heterocycles. The van der Waals surface area contributed by atoms with Crippen LogP contribution in [0, 0.1) is 71.0 Å². The van der Waals surface area contributed by atoms with Crippen LogP contribution in [0.3, 0.4) is 0 Å². The monoisotopic (exact) mass is 305 g/mol. The molecule has 0 aliphatic carbocycles. The first-order valence-electron chi connectivity index (χ1n) is 1.55. The number of hydrogen-bond donors (Lipinski definition) is 0. The van der Waals surface area contributed by atoms with Gasteiger partial charge in [-0.15, -0.1) is 0 Å². The van der Waals surface area contributed by atoms with Gasteiger partial charge in [-0.1, -0.05) is 0 Å². The Balaban J connectivity index is -0.00000000396. The van der Waals surface area contributed by atoms with Crippen molar-refractivity contribution in [1.29, 1.82) is 31.6 Å². The molecule has 0 aliphatic heterocycles. The molecule has 81 valence electrons. The Morgan fingerprint density at radius 3 is 0.400 bits per heavy atom. The van der Waals surface area contributed by atoms with Crippen molar-refractivity contribution in [1.82, 2.24) is 0 Å². The Morgan fingerprint density at radius 1 is 0.400 bits per heavy atom. The van der Waals surface area contributed by atoms with Crippen LogP contribution in [-0.2, 0) is 34.1 Å². The average Bonchev–Trinajstić information content (AvgIpc) is 2.33. The Bertz CT molecular complexity index is 103. The fraction of sp³-hybridized carbons (Fsp3) is 0. The average molecular weight is 306 g/mol. The molecule has 0 aromatic carbocycles. The van der Waals surface area contributed by atoms with Gasteiger partial charge in [-0.2, -0.15) is 0 Å². The van der Waals surface area contributed by atoms with Crippen LogP contribution >= 0.6 is 0 Å². The van der Waals surface area contributed by atoms with Gasteiger partial charge in [-0.3, -0.25) is 0 Å². The fourth-order valence-corrected chi connectivity index (χ4v) is 0. The molecule has 0 atom stereocenters. The second kappa shape index (κ2) is 1790. The van der Waals surface area contributed by atoms with Crippen molar-refractivity contribution in [2.24, 2.45) is 0 Å². The van der Waals surface area contributed by atoms with Crippen LogP contribution in [0.15, 0.2) is 0 Å². The second-order valence-electron chi connectivity index (χ2n) is 0. The molecule has 0 aromatic rings. The van der Waals surface area contributed by atoms with E-state index in [1.807, 2.05) is 0 Å². The summed E-state index contributed by atoms with van der Waals surface area (Å²) < 4.78 is 0. The molecule has 0 bridgehead atoms. The Kier molecular flexibility index (Phi) is 11300. The first-order valence-corrected chi connectivity index (χ1v) is 1.55. The molecule has 0 aromatic heterocycles. The van der Waals surface area contributed by atoms with Crippen LogP contribution in [0.4, 0.5) is 0 Å². The molecule has 0 N–H and O–H groups in total. The van der Waals surface area contributed by atoms with E-state index in [2.05, 4.69) is 39.4 Å². The van der Waals surface area contributed by atoms with E-state index in [1.165, 1.54) is 0 Å². The summed E-state index contributed by atoms with van der Waals surface area (Å²) in [6.45, 7) is 21.0. The van der Waals surface area contributed by atoms with Crippen molar-refractivity contribution >= 4 is 29.6 Å². The molecule has 0 spiro atoms. The van der Waals surface area contributed by atoms with Gasteiger partial charge >= 0.3 is 29.6 Å². The van der Waals surface area contributed by atoms with Gasteiger partial charge in [0.05, 0.1) is 0 Å². The number of rotatable bonds is 0. The van der Waals surface area contributed by atoms with Gasteiger partial charge in [0.25, 0.3) is 0 Å². The van der Waals surface area contributed by atoms with Crippen LogP contribution in [0.1, 0.15) is 0 Å². The van der Waals surface area contributed by atoms with Gasteiger partial charge < -0.3 is 0 Å². The molecule has 0 fully saturated rings. The van der Waals surface area contributed by atoms with E-state index in [1.54, 1.807) is 0 Å². The molecule has 0 unspecified atom stereocenters. The zero-order valence-corrected chi connectivity index (χ0v) is 8.85. The zero-order valence-electron chi connectivity index (χ0n) is 6.80. The van der Waals surface area contributed by atoms with Gasteiger partial charge in [-0.25, -0.2) is 31.6 Å². The third-order valence-electron chi connectivity index (χ3n) is 0. The molecular formula is C6H7CuFeN6Na. The van der Waals surface area contributed by atoms with E-state index in [9.17, 15) is 0 Å². The molecule has 9 heteroatoms. The number of nitriles is 6. The zero-order chi connectivity index (χ0) is 12.0. The second-order valence-corrected chi connectivity index (χ2v) is 0. The van der Waals surface area contributed by atoms with Gasteiger partial charge in [0.1, 0.15) is 0 Å². The van der Waals surface area contributed by atoms with Crippen molar-refractivity contribution < 1.29 is 34.1 Å². The normalized spacial score (nSPS) is 0.800. The first-order chi connectivity index (χ1) is 6.00. The summed E-state index contributed by atoms with van der Waals surface area (Å²) in [5.74, 6) is 0. The molecule has 1 radical (unpaired) electrons. The predicted molar refractivity (Wildman–Crippen MR) is 47.2 cm³/mol. The van der Waals surface area contributed by atoms with E-state index < -0.39 is 0 Å². The van der Waals surface area contributed by atoms with E-state index in [0.717, 1.165) is 0 Å². The van der Waals surface area contributed by atoms with Crippen molar-refractivity contribution in [3.63, 3.8) is 0 Å². The third kappa shape index (κ3) is 1500. The standard InChI is InChI=1S/6CHN.Cu.Fe.Na.H/c6*1-2;;;;/h6*1H;;;;. The van der Waals surface area contributed by atoms with Crippen LogP contribution < -0.4 is 0 Å². The van der Waals surface area contributed by atoms with Gasteiger partial charge in [0.15, 0.2) is 0 Å². The Hall–Kier alpha value is -1.02. The Morgan fingerprint density at radius 2 is 0.400 bits per heavy atom. The molecule has 0 rings (SSSR count). The summed E-state index contributed by atoms with van der Waals surface area (Å²) in [6.07, 6.45) is 0. The number of nitrogens with zero attached hydrogens (tertiary/aromatic N) is 6. The topological polar surface area (TPSA) is 143 Å². The molecule has 15 heavy (non-hydrogen) atoms. The first kappa shape index (κ1) is 95.0. The van der Waals surface area contributed by atoms with E-state index >= 15 is 0 Å². The summed E-state index contributed by atoms with van der Waals surface area (Å²) in [6, 6.07) is 0. The quantitative estimate of drug-likeness (QED) is 0.584. The molecule has 6 nitrogen and oxygen atoms in total. The van der Waals surface area contributed by atoms with E-state index in [-0.39, 0.29) is 63.7 Å². The van der Waals surface area contributed by atoms with Gasteiger partial charge in [0, 0.05) is 73.6 Å². The SMILES string of the molecule is C#N.C#N.C#N.C#N.C#N.C#N.[Cu].[Fe].[NaH]. The van der Waals surface area contributed by atoms with Crippen molar-refractivity contribution in [2.45, 2.75) is 0 Å². The van der Waals surface area contributed by atoms with Crippen molar-refractivity contribution in [3.8, 4) is 39.4 Å². The van der Waals surface area contributed by atoms with Crippen LogP contribution in [0.5, 0.6) is 0 Å². The van der Waals surface area contributed by atoms with Gasteiger partial charge in [0.2, 0.25) is 0 Å². The van der Waals surface area contributed by atoms with E-state index in [0.29, 0.717) is 0 Å². The minimum atomic E-state index is 0. The molecule has 0 saturated heterocycles. The third-order valence-corrected chi connectivity index (χ3v) is 0. The predicted octanol–water partition coefficient (Wildman–Crippen LogP) is 0.185. The molecular weight excluding hydrogens is 298 g/mol. The summed E-state index contributed by atoms with van der Waals surface area (Å²) in [4.78, 5) is 0. The van der Waals surface area contributed by atoms with E-state index in [4.69, 9.17) is 31.6 Å². The summed E-state index contributed by atoms with van der Waals surface area (Å²) in [5, 5.41) is 39.0. The van der Waals surface area contributed by atoms with Gasteiger partial charge in [-0.05, 0) is 0 Å². The van der Waals surface area contributed by atoms with Crippen LogP contribution in [0.25, 0.3) is 0 Å². The Labute approximate surface area is 134 Å². The van der Waals surface area contributed by atoms with Crippen LogP contribution in [0.2, 0.25) is 0 Å².